The van der Waals surface area contributed by atoms with Crippen LogP contribution in [0.2, 0.25) is 0 Å². The van der Waals surface area contributed by atoms with Gasteiger partial charge < -0.3 is 9.72 Å². The van der Waals surface area contributed by atoms with Gasteiger partial charge in [0.15, 0.2) is 6.23 Å². The molecule has 1 aromatic carbocycles. The number of nitrogens with one attached hydrogen (secondary N) is 2. The van der Waals surface area contributed by atoms with Crippen LogP contribution in [0.15, 0.2) is 30.5 Å². The molecule has 4 nitrogen and oxygen atoms in total. The van der Waals surface area contributed by atoms with Gasteiger partial charge in [0.1, 0.15) is 0 Å². The van der Waals surface area contributed by atoms with Gasteiger partial charge in [-0.2, -0.15) is 0 Å². The Hall–Kier alpha value is -1.65. The summed E-state index contributed by atoms with van der Waals surface area (Å²) in [7, 11) is 0. The molecule has 0 spiro atoms. The summed E-state index contributed by atoms with van der Waals surface area (Å²) >= 11 is 0. The molecule has 0 aliphatic carbocycles. The average Bonchev–Trinajstić information content (AvgIpc) is 2.98. The van der Waals surface area contributed by atoms with Crippen molar-refractivity contribution in [3.63, 3.8) is 0 Å². The molecule has 0 amide bonds. The lowest BCUT2D eigenvalue weighted by Gasteiger charge is -2.07. The summed E-state index contributed by atoms with van der Waals surface area (Å²) in [6.07, 6.45) is 1.35. The van der Waals surface area contributed by atoms with Gasteiger partial charge in [-0.25, -0.2) is 0 Å². The van der Waals surface area contributed by atoms with Crippen LogP contribution in [0.25, 0.3) is 10.8 Å². The zero-order chi connectivity index (χ0) is 11.0. The van der Waals surface area contributed by atoms with Crippen LogP contribution in [-0.4, -0.2) is 30.1 Å². The second-order valence-corrected chi connectivity index (χ2v) is 3.82. The lowest BCUT2D eigenvalue weighted by molar-refractivity contribution is 0.0602. The summed E-state index contributed by atoms with van der Waals surface area (Å²) in [6.45, 7) is 1.32. The molecule has 1 fully saturated rings. The monoisotopic (exact) mass is 216 g/mol. The normalized spacial score (nSPS) is 20.4. The van der Waals surface area contributed by atoms with Gasteiger partial charge in [-0.1, -0.05) is 24.3 Å². The molecule has 1 atom stereocenters. The highest BCUT2D eigenvalue weighted by molar-refractivity contribution is 6.09. The van der Waals surface area contributed by atoms with E-state index in [0.29, 0.717) is 12.3 Å². The molecule has 16 heavy (non-hydrogen) atoms. The Labute approximate surface area is 92.6 Å². The van der Waals surface area contributed by atoms with Crippen molar-refractivity contribution in [1.82, 2.24) is 10.3 Å². The lowest BCUT2D eigenvalue weighted by atomic mass is 10.1. The van der Waals surface area contributed by atoms with Crippen LogP contribution in [0.4, 0.5) is 0 Å². The van der Waals surface area contributed by atoms with E-state index in [1.807, 2.05) is 30.5 Å². The largest absolute Gasteiger partial charge is 0.358 e. The van der Waals surface area contributed by atoms with Crippen molar-refractivity contribution in [3.05, 3.63) is 36.2 Å². The number of carbonyl (C=O) groups excluding carboxylic acids is 1. The average molecular weight is 216 g/mol. The van der Waals surface area contributed by atoms with E-state index < -0.39 is 6.23 Å². The Morgan fingerprint density at radius 1 is 1.38 bits per heavy atom. The predicted molar refractivity (Wildman–Crippen MR) is 60.4 cm³/mol. The number of fused-ring (bicyclic) bond motifs is 1. The summed E-state index contributed by atoms with van der Waals surface area (Å²) in [6, 6.07) is 7.80. The molecule has 2 aromatic rings. The van der Waals surface area contributed by atoms with Crippen LogP contribution in [-0.2, 0) is 4.74 Å². The Morgan fingerprint density at radius 2 is 2.25 bits per heavy atom. The molecule has 1 unspecified atom stereocenters. The van der Waals surface area contributed by atoms with Gasteiger partial charge in [-0.3, -0.25) is 10.1 Å². The number of H-pyrrole nitrogens is 1. The molecule has 4 heteroatoms. The third-order valence-electron chi connectivity index (χ3n) is 2.80. The first kappa shape index (κ1) is 9.57. The quantitative estimate of drug-likeness (QED) is 0.744. The fraction of sp³-hybridized carbons (Fsp3) is 0.250. The molecule has 0 bridgehead atoms. The lowest BCUT2D eigenvalue weighted by Crippen LogP contribution is -2.32. The van der Waals surface area contributed by atoms with Crippen LogP contribution < -0.4 is 5.32 Å². The van der Waals surface area contributed by atoms with Crippen molar-refractivity contribution in [2.75, 3.05) is 13.2 Å². The van der Waals surface area contributed by atoms with Gasteiger partial charge in [0.25, 0.3) is 0 Å². The molecule has 1 saturated heterocycles. The Morgan fingerprint density at radius 3 is 3.06 bits per heavy atom. The SMILES string of the molecule is O=C(c1[nH]cc2ccccc12)C1NCCO1. The number of aromatic nitrogens is 1. The first-order valence-electron chi connectivity index (χ1n) is 5.31. The zero-order valence-electron chi connectivity index (χ0n) is 8.69. The Bertz CT molecular complexity index is 527. The van der Waals surface area contributed by atoms with E-state index in [0.717, 1.165) is 17.3 Å². The summed E-state index contributed by atoms with van der Waals surface area (Å²) in [5.74, 6) is -0.0290. The highest BCUT2D eigenvalue weighted by Gasteiger charge is 2.26. The molecule has 2 N–H and O–H groups in total. The maximum absolute atomic E-state index is 12.1. The van der Waals surface area contributed by atoms with E-state index >= 15 is 0 Å². The van der Waals surface area contributed by atoms with Crippen LogP contribution in [0.5, 0.6) is 0 Å². The number of Topliss-reactive ketones (excluding diaryl/α,β-unsaturated/α-hetero) is 1. The highest BCUT2D eigenvalue weighted by atomic mass is 16.5. The van der Waals surface area contributed by atoms with E-state index in [1.165, 1.54) is 0 Å². The van der Waals surface area contributed by atoms with Gasteiger partial charge in [0, 0.05) is 18.1 Å². The predicted octanol–water partition coefficient (Wildman–Crippen LogP) is 1.30. The number of carbonyl (C=O) groups is 1. The van der Waals surface area contributed by atoms with Crippen molar-refractivity contribution >= 4 is 16.6 Å². The van der Waals surface area contributed by atoms with Gasteiger partial charge in [-0.15, -0.1) is 0 Å². The third-order valence-corrected chi connectivity index (χ3v) is 2.80. The van der Waals surface area contributed by atoms with Crippen molar-refractivity contribution in [3.8, 4) is 0 Å². The number of ether oxygens (including phenoxy) is 1. The molecule has 3 rings (SSSR count). The maximum Gasteiger partial charge on any atom is 0.223 e. The molecular weight excluding hydrogens is 204 g/mol. The van der Waals surface area contributed by atoms with Gasteiger partial charge in [-0.05, 0) is 5.39 Å². The van der Waals surface area contributed by atoms with Crippen LogP contribution in [0.1, 0.15) is 10.5 Å². The minimum Gasteiger partial charge on any atom is -0.358 e. The first-order valence-corrected chi connectivity index (χ1v) is 5.31. The number of rotatable bonds is 2. The number of benzene rings is 1. The molecule has 1 aliphatic rings. The third kappa shape index (κ3) is 1.43. The molecule has 0 radical (unpaired) electrons. The second-order valence-electron chi connectivity index (χ2n) is 3.82. The fourth-order valence-electron chi connectivity index (χ4n) is 2.01. The minimum absolute atomic E-state index is 0.0290. The van der Waals surface area contributed by atoms with Crippen molar-refractivity contribution in [1.29, 1.82) is 0 Å². The standard InChI is InChI=1S/C12H12N2O2/c15-11(12-13-5-6-16-12)10-9-4-2-1-3-8(9)7-14-10/h1-4,7,12-14H,5-6H2. The summed E-state index contributed by atoms with van der Waals surface area (Å²) < 4.78 is 5.31. The molecule has 1 aliphatic heterocycles. The van der Waals surface area contributed by atoms with E-state index in [1.54, 1.807) is 0 Å². The molecule has 0 saturated carbocycles. The molecule has 2 heterocycles. The van der Waals surface area contributed by atoms with Crippen molar-refractivity contribution in [2.45, 2.75) is 6.23 Å². The number of hydrogen-bond donors (Lipinski definition) is 2. The number of ketones is 1. The Balaban J connectivity index is 2.02. The van der Waals surface area contributed by atoms with Crippen LogP contribution >= 0.6 is 0 Å². The zero-order valence-corrected chi connectivity index (χ0v) is 8.69. The van der Waals surface area contributed by atoms with E-state index in [2.05, 4.69) is 10.3 Å². The molecule has 82 valence electrons. The summed E-state index contributed by atoms with van der Waals surface area (Å²) in [5, 5.41) is 5.01. The Kier molecular flexibility index (Phi) is 2.23. The maximum atomic E-state index is 12.1. The van der Waals surface area contributed by atoms with Crippen molar-refractivity contribution < 1.29 is 9.53 Å². The van der Waals surface area contributed by atoms with Gasteiger partial charge in [0.2, 0.25) is 5.78 Å². The topological polar surface area (TPSA) is 54.1 Å². The molecule has 1 aromatic heterocycles. The smallest absolute Gasteiger partial charge is 0.223 e. The highest BCUT2D eigenvalue weighted by Crippen LogP contribution is 2.19. The van der Waals surface area contributed by atoms with Gasteiger partial charge >= 0.3 is 0 Å². The van der Waals surface area contributed by atoms with Crippen LogP contribution in [0, 0.1) is 0 Å². The van der Waals surface area contributed by atoms with Crippen LogP contribution in [0.3, 0.4) is 0 Å². The molecular formula is C12H12N2O2. The van der Waals surface area contributed by atoms with E-state index in [4.69, 9.17) is 4.74 Å². The van der Waals surface area contributed by atoms with Gasteiger partial charge in [0.05, 0.1) is 12.3 Å². The number of hydrogen-bond acceptors (Lipinski definition) is 3. The van der Waals surface area contributed by atoms with E-state index in [-0.39, 0.29) is 5.78 Å². The summed E-state index contributed by atoms with van der Waals surface area (Å²) in [4.78, 5) is 15.1. The fourth-order valence-corrected chi connectivity index (χ4v) is 2.01. The second kappa shape index (κ2) is 3.73. The van der Waals surface area contributed by atoms with Crippen molar-refractivity contribution in [2.24, 2.45) is 0 Å². The summed E-state index contributed by atoms with van der Waals surface area (Å²) in [5.41, 5.74) is 0.620. The van der Waals surface area contributed by atoms with E-state index in [9.17, 15) is 4.79 Å². The first-order chi connectivity index (χ1) is 7.86. The number of aromatic amines is 1. The minimum atomic E-state index is -0.498.